The molecule has 0 saturated carbocycles. The SMILES string of the molecule is CCCCCCCCc1cc(Cc2ccc(CCCCCCCCCCCCCCc3ccc(Cc4ccc(N)c(CCCCCCCC)c4)cc3)cc2)ccc1N. The van der Waals surface area contributed by atoms with Crippen LogP contribution in [0.4, 0.5) is 11.4 Å². The Morgan fingerprint density at radius 2 is 0.534 bits per heavy atom. The first kappa shape index (κ1) is 47.2. The van der Waals surface area contributed by atoms with Crippen LogP contribution in [0.25, 0.3) is 0 Å². The third-order valence-electron chi connectivity index (χ3n) is 12.6. The molecule has 0 aromatic heterocycles. The van der Waals surface area contributed by atoms with Crippen molar-refractivity contribution >= 4 is 11.4 Å². The number of hydrogen-bond acceptors (Lipinski definition) is 2. The minimum Gasteiger partial charge on any atom is -0.399 e. The highest BCUT2D eigenvalue weighted by molar-refractivity contribution is 5.50. The molecule has 4 N–H and O–H groups in total. The summed E-state index contributed by atoms with van der Waals surface area (Å²) < 4.78 is 0. The average molecular weight is 785 g/mol. The molecule has 318 valence electrons. The normalized spacial score (nSPS) is 11.4. The summed E-state index contributed by atoms with van der Waals surface area (Å²) in [6.45, 7) is 4.56. The predicted octanol–water partition coefficient (Wildman–Crippen LogP) is 16.3. The number of unbranched alkanes of at least 4 members (excludes halogenated alkanes) is 21. The molecule has 0 atom stereocenters. The highest BCUT2D eigenvalue weighted by Crippen LogP contribution is 2.23. The predicted molar refractivity (Wildman–Crippen MR) is 257 cm³/mol. The number of aryl methyl sites for hydroxylation is 4. The molecule has 0 unspecified atom stereocenters. The van der Waals surface area contributed by atoms with Crippen molar-refractivity contribution in [3.63, 3.8) is 0 Å². The molecule has 58 heavy (non-hydrogen) atoms. The smallest absolute Gasteiger partial charge is 0.0346 e. The Labute approximate surface area is 357 Å². The summed E-state index contributed by atoms with van der Waals surface area (Å²) in [5, 5.41) is 0. The van der Waals surface area contributed by atoms with Crippen LogP contribution in [-0.2, 0) is 38.5 Å². The maximum Gasteiger partial charge on any atom is 0.0346 e. The van der Waals surface area contributed by atoms with Crippen LogP contribution in [-0.4, -0.2) is 0 Å². The summed E-state index contributed by atoms with van der Waals surface area (Å²) in [4.78, 5) is 0. The third-order valence-corrected chi connectivity index (χ3v) is 12.6. The third kappa shape index (κ3) is 20.0. The van der Waals surface area contributed by atoms with E-state index in [9.17, 15) is 0 Å². The van der Waals surface area contributed by atoms with Gasteiger partial charge in [-0.2, -0.15) is 0 Å². The Balaban J connectivity index is 0.959. The first-order chi connectivity index (χ1) is 28.5. The number of nitrogens with two attached hydrogens (primary N) is 2. The van der Waals surface area contributed by atoms with Crippen molar-refractivity contribution in [2.24, 2.45) is 0 Å². The monoisotopic (exact) mass is 785 g/mol. The lowest BCUT2D eigenvalue weighted by atomic mass is 9.97. The van der Waals surface area contributed by atoms with Gasteiger partial charge in [-0.1, -0.05) is 215 Å². The molecule has 0 aliphatic rings. The second-order valence-corrected chi connectivity index (χ2v) is 17.8. The Kier molecular flexibility index (Phi) is 24.1. The lowest BCUT2D eigenvalue weighted by Gasteiger charge is -2.10. The van der Waals surface area contributed by atoms with E-state index in [-0.39, 0.29) is 0 Å². The zero-order chi connectivity index (χ0) is 40.9. The zero-order valence-corrected chi connectivity index (χ0v) is 37.5. The maximum absolute atomic E-state index is 6.33. The standard InChI is InChI=1S/C56H84N2/c1-3-5-7-9-21-25-29-53-45-51(39-41-55(53)57)43-49-35-31-47(32-36-49)27-23-19-17-15-13-11-12-14-16-18-20-24-28-48-33-37-50(38-34-48)44-52-40-42-56(58)54(46-52)30-26-22-10-8-6-4-2/h31-42,45-46H,3-30,43-44,57-58H2,1-2H3. The van der Waals surface area contributed by atoms with Crippen LogP contribution >= 0.6 is 0 Å². The van der Waals surface area contributed by atoms with E-state index in [0.29, 0.717) is 0 Å². The minimum absolute atomic E-state index is 0.960. The van der Waals surface area contributed by atoms with Gasteiger partial charge in [-0.3, -0.25) is 0 Å². The first-order valence-electron chi connectivity index (χ1n) is 24.4. The number of nitrogen functional groups attached to an aromatic ring is 2. The van der Waals surface area contributed by atoms with Crippen LogP contribution in [0.15, 0.2) is 84.9 Å². The Morgan fingerprint density at radius 1 is 0.276 bits per heavy atom. The van der Waals surface area contributed by atoms with Crippen LogP contribution in [0.5, 0.6) is 0 Å². The molecule has 0 saturated heterocycles. The van der Waals surface area contributed by atoms with Crippen molar-refractivity contribution < 1.29 is 0 Å². The fourth-order valence-electron chi connectivity index (χ4n) is 8.71. The van der Waals surface area contributed by atoms with E-state index in [4.69, 9.17) is 11.5 Å². The largest absolute Gasteiger partial charge is 0.399 e. The molecule has 0 heterocycles. The lowest BCUT2D eigenvalue weighted by molar-refractivity contribution is 0.540. The molecule has 0 aliphatic heterocycles. The molecule has 0 amide bonds. The quantitative estimate of drug-likeness (QED) is 0.0373. The van der Waals surface area contributed by atoms with Crippen molar-refractivity contribution in [1.82, 2.24) is 0 Å². The van der Waals surface area contributed by atoms with E-state index in [2.05, 4.69) is 98.8 Å². The molecule has 2 nitrogen and oxygen atoms in total. The number of hydrogen-bond donors (Lipinski definition) is 2. The van der Waals surface area contributed by atoms with Gasteiger partial charge < -0.3 is 11.5 Å². The molecule has 4 aromatic carbocycles. The fraction of sp³-hybridized carbons (Fsp3) is 0.571. The first-order valence-corrected chi connectivity index (χ1v) is 24.4. The van der Waals surface area contributed by atoms with Crippen LogP contribution in [0.3, 0.4) is 0 Å². The second-order valence-electron chi connectivity index (χ2n) is 17.8. The summed E-state index contributed by atoms with van der Waals surface area (Å²) in [7, 11) is 0. The maximum atomic E-state index is 6.33. The molecule has 4 aromatic rings. The van der Waals surface area contributed by atoms with Crippen molar-refractivity contribution in [1.29, 1.82) is 0 Å². The Hall–Kier alpha value is -3.52. The Bertz CT molecular complexity index is 1490. The van der Waals surface area contributed by atoms with Gasteiger partial charge in [0.15, 0.2) is 0 Å². The van der Waals surface area contributed by atoms with E-state index in [0.717, 1.165) is 37.1 Å². The van der Waals surface area contributed by atoms with Crippen LogP contribution in [0, 0.1) is 0 Å². The van der Waals surface area contributed by atoms with Gasteiger partial charge in [0.25, 0.3) is 0 Å². The average Bonchev–Trinajstić information content (AvgIpc) is 3.24. The van der Waals surface area contributed by atoms with Gasteiger partial charge in [0.2, 0.25) is 0 Å². The topological polar surface area (TPSA) is 52.0 Å². The molecule has 2 heteroatoms. The van der Waals surface area contributed by atoms with Crippen LogP contribution < -0.4 is 11.5 Å². The van der Waals surface area contributed by atoms with Crippen molar-refractivity contribution in [3.8, 4) is 0 Å². The van der Waals surface area contributed by atoms with Gasteiger partial charge in [0, 0.05) is 11.4 Å². The molecule has 0 spiro atoms. The summed E-state index contributed by atoms with van der Waals surface area (Å²) in [5.41, 5.74) is 25.8. The van der Waals surface area contributed by atoms with Gasteiger partial charge in [-0.25, -0.2) is 0 Å². The van der Waals surface area contributed by atoms with Crippen LogP contribution in [0.2, 0.25) is 0 Å². The number of rotatable bonds is 33. The lowest BCUT2D eigenvalue weighted by Crippen LogP contribution is -1.98. The van der Waals surface area contributed by atoms with Crippen LogP contribution in [0.1, 0.15) is 212 Å². The van der Waals surface area contributed by atoms with E-state index < -0.39 is 0 Å². The molecule has 0 radical (unpaired) electrons. The van der Waals surface area contributed by atoms with E-state index >= 15 is 0 Å². The molecule has 0 aliphatic carbocycles. The van der Waals surface area contributed by atoms with Gasteiger partial charge in [-0.15, -0.1) is 0 Å². The Morgan fingerprint density at radius 3 is 0.862 bits per heavy atom. The molecule has 0 bridgehead atoms. The zero-order valence-electron chi connectivity index (χ0n) is 37.5. The van der Waals surface area contributed by atoms with E-state index in [1.54, 1.807) is 0 Å². The molecular weight excluding hydrogens is 701 g/mol. The van der Waals surface area contributed by atoms with E-state index in [1.807, 2.05) is 0 Å². The van der Waals surface area contributed by atoms with E-state index in [1.165, 1.54) is 211 Å². The second kappa shape index (κ2) is 29.7. The van der Waals surface area contributed by atoms with Gasteiger partial charge >= 0.3 is 0 Å². The number of benzene rings is 4. The number of anilines is 2. The highest BCUT2D eigenvalue weighted by atomic mass is 14.6. The molecule has 0 fully saturated rings. The van der Waals surface area contributed by atoms with Gasteiger partial charge in [0.1, 0.15) is 0 Å². The summed E-state index contributed by atoms with van der Waals surface area (Å²) in [6, 6.07) is 32.2. The molecule has 4 rings (SSSR count). The van der Waals surface area contributed by atoms with Crippen molar-refractivity contribution in [2.45, 2.75) is 206 Å². The highest BCUT2D eigenvalue weighted by Gasteiger charge is 2.06. The molecular formula is C56H84N2. The summed E-state index contributed by atoms with van der Waals surface area (Å²) >= 11 is 0. The van der Waals surface area contributed by atoms with Gasteiger partial charge in [0.05, 0.1) is 0 Å². The summed E-state index contributed by atoms with van der Waals surface area (Å²) in [6.07, 6.45) is 39.1. The minimum atomic E-state index is 0.960. The van der Waals surface area contributed by atoms with Crippen molar-refractivity contribution in [2.75, 3.05) is 11.5 Å². The van der Waals surface area contributed by atoms with Crippen molar-refractivity contribution in [3.05, 3.63) is 129 Å². The fourth-order valence-corrected chi connectivity index (χ4v) is 8.71. The van der Waals surface area contributed by atoms with Gasteiger partial charge in [-0.05, 0) is 121 Å². The summed E-state index contributed by atoms with van der Waals surface area (Å²) in [5.74, 6) is 0.